The lowest BCUT2D eigenvalue weighted by Crippen LogP contribution is -2.51. The number of piperidine rings is 1. The number of rotatable bonds is 5. The van der Waals surface area contributed by atoms with E-state index in [-0.39, 0.29) is 25.3 Å². The highest BCUT2D eigenvalue weighted by molar-refractivity contribution is 5.75. The number of allylic oxidation sites excluding steroid dienone is 3. The van der Waals surface area contributed by atoms with Gasteiger partial charge >= 0.3 is 24.5 Å². The molecule has 0 amide bonds. The summed E-state index contributed by atoms with van der Waals surface area (Å²) in [5.41, 5.74) is -4.91. The van der Waals surface area contributed by atoms with Crippen LogP contribution in [0.2, 0.25) is 0 Å². The Morgan fingerprint density at radius 1 is 0.974 bits per heavy atom. The average molecular weight is 570 g/mol. The summed E-state index contributed by atoms with van der Waals surface area (Å²) in [7, 11) is 0. The molecule has 0 radical (unpaired) electrons. The minimum atomic E-state index is -4.92. The van der Waals surface area contributed by atoms with Crippen molar-refractivity contribution >= 4 is 5.97 Å². The third kappa shape index (κ3) is 6.15. The molecule has 3 atom stereocenters. The third-order valence-electron chi connectivity index (χ3n) is 8.53. The zero-order valence-corrected chi connectivity index (χ0v) is 20.8. The zero-order valence-electron chi connectivity index (χ0n) is 20.8. The quantitative estimate of drug-likeness (QED) is 0.365. The third-order valence-corrected chi connectivity index (χ3v) is 8.53. The van der Waals surface area contributed by atoms with Gasteiger partial charge in [-0.25, -0.2) is 0 Å². The van der Waals surface area contributed by atoms with Crippen molar-refractivity contribution in [3.8, 4) is 0 Å². The Morgan fingerprint density at radius 3 is 2.15 bits per heavy atom. The number of benzene rings is 1. The topological polar surface area (TPSA) is 40.5 Å². The van der Waals surface area contributed by atoms with Gasteiger partial charge in [-0.15, -0.1) is 0 Å². The van der Waals surface area contributed by atoms with E-state index >= 15 is 0 Å². The van der Waals surface area contributed by atoms with E-state index in [1.54, 1.807) is 4.90 Å². The number of carboxylic acid groups (broad SMARTS) is 1. The van der Waals surface area contributed by atoms with E-state index in [1.165, 1.54) is 6.08 Å². The van der Waals surface area contributed by atoms with Crippen LogP contribution in [0.15, 0.2) is 42.0 Å². The summed E-state index contributed by atoms with van der Waals surface area (Å²) in [5.74, 6) is -1.90. The maximum atomic E-state index is 13.8. The minimum Gasteiger partial charge on any atom is -0.481 e. The number of carbonyl (C=O) groups is 1. The minimum absolute atomic E-state index is 0.0754. The summed E-state index contributed by atoms with van der Waals surface area (Å²) in [6.45, 7) is -0.394. The highest BCUT2D eigenvalue weighted by Crippen LogP contribution is 2.51. The fourth-order valence-electron chi connectivity index (χ4n) is 6.52. The van der Waals surface area contributed by atoms with E-state index in [4.69, 9.17) is 0 Å². The molecule has 3 nitrogen and oxygen atoms in total. The molecule has 1 aromatic rings. The predicted molar refractivity (Wildman–Crippen MR) is 123 cm³/mol. The number of likely N-dealkylation sites (tertiary alicyclic amines) is 1. The second-order valence-corrected chi connectivity index (χ2v) is 10.7. The van der Waals surface area contributed by atoms with Crippen LogP contribution in [0, 0.1) is 17.3 Å². The van der Waals surface area contributed by atoms with Gasteiger partial charge in [-0.05, 0) is 74.2 Å². The molecule has 2 fully saturated rings. The molecule has 216 valence electrons. The second-order valence-electron chi connectivity index (χ2n) is 10.7. The number of halogens is 9. The van der Waals surface area contributed by atoms with Crippen molar-refractivity contribution in [2.75, 3.05) is 6.54 Å². The van der Waals surface area contributed by atoms with Gasteiger partial charge in [0, 0.05) is 12.6 Å². The SMILES string of the molecule is O=C(O)C1(C2CCN(Cc3cc(C(F)(F)F)ccc3C(F)(F)F)[C@@H](C3C=CC(C(F)(F)F)=CC3)C2)CCCC1. The van der Waals surface area contributed by atoms with Crippen LogP contribution in [-0.2, 0) is 23.7 Å². The Balaban J connectivity index is 1.69. The molecule has 0 spiro atoms. The van der Waals surface area contributed by atoms with Gasteiger partial charge in [0.1, 0.15) is 0 Å². The van der Waals surface area contributed by atoms with Gasteiger partial charge in [-0.1, -0.05) is 31.1 Å². The summed E-state index contributed by atoms with van der Waals surface area (Å²) in [4.78, 5) is 13.9. The molecule has 2 unspecified atom stereocenters. The summed E-state index contributed by atoms with van der Waals surface area (Å²) >= 11 is 0. The molecule has 1 saturated heterocycles. The number of aliphatic carboxylic acids is 1. The van der Waals surface area contributed by atoms with Gasteiger partial charge in [0.2, 0.25) is 0 Å². The summed E-state index contributed by atoms with van der Waals surface area (Å²) < 4.78 is 121. The van der Waals surface area contributed by atoms with E-state index in [9.17, 15) is 49.4 Å². The Bertz CT molecular complexity index is 1130. The van der Waals surface area contributed by atoms with Crippen LogP contribution in [0.4, 0.5) is 39.5 Å². The molecule has 1 aliphatic heterocycles. The average Bonchev–Trinajstić information content (AvgIpc) is 3.34. The predicted octanol–water partition coefficient (Wildman–Crippen LogP) is 8.01. The molecule has 0 bridgehead atoms. The van der Waals surface area contributed by atoms with Crippen LogP contribution < -0.4 is 0 Å². The summed E-state index contributed by atoms with van der Waals surface area (Å²) in [6, 6.07) is 0.593. The maximum Gasteiger partial charge on any atom is 0.416 e. The van der Waals surface area contributed by atoms with E-state index in [0.29, 0.717) is 50.3 Å². The van der Waals surface area contributed by atoms with Crippen molar-refractivity contribution in [2.45, 2.75) is 76.1 Å². The second kappa shape index (κ2) is 10.5. The van der Waals surface area contributed by atoms with Gasteiger partial charge in [-0.3, -0.25) is 9.69 Å². The van der Waals surface area contributed by atoms with Crippen molar-refractivity contribution in [1.82, 2.24) is 4.90 Å². The Hall–Kier alpha value is -2.50. The van der Waals surface area contributed by atoms with Gasteiger partial charge < -0.3 is 5.11 Å². The molecule has 1 saturated carbocycles. The first-order valence-corrected chi connectivity index (χ1v) is 12.7. The molecule has 2 aliphatic carbocycles. The fourth-order valence-corrected chi connectivity index (χ4v) is 6.52. The van der Waals surface area contributed by atoms with Gasteiger partial charge in [-0.2, -0.15) is 39.5 Å². The molecule has 0 aromatic heterocycles. The summed E-state index contributed by atoms with van der Waals surface area (Å²) in [5, 5.41) is 10.1. The molecule has 1 heterocycles. The molecule has 39 heavy (non-hydrogen) atoms. The summed E-state index contributed by atoms with van der Waals surface area (Å²) in [6.07, 6.45) is -8.40. The van der Waals surface area contributed by atoms with Crippen LogP contribution in [-0.4, -0.2) is 34.7 Å². The van der Waals surface area contributed by atoms with Crippen LogP contribution in [0.3, 0.4) is 0 Å². The van der Waals surface area contributed by atoms with Gasteiger partial charge in [0.05, 0.1) is 22.1 Å². The van der Waals surface area contributed by atoms with Crippen LogP contribution in [0.1, 0.15) is 61.6 Å². The lowest BCUT2D eigenvalue weighted by atomic mass is 9.66. The van der Waals surface area contributed by atoms with Crippen molar-refractivity contribution in [3.63, 3.8) is 0 Å². The van der Waals surface area contributed by atoms with Crippen LogP contribution in [0.5, 0.6) is 0 Å². The molecule has 1 N–H and O–H groups in total. The molecule has 1 aromatic carbocycles. The van der Waals surface area contributed by atoms with E-state index in [2.05, 4.69) is 0 Å². The van der Waals surface area contributed by atoms with Crippen LogP contribution >= 0.6 is 0 Å². The van der Waals surface area contributed by atoms with Gasteiger partial charge in [0.15, 0.2) is 0 Å². The lowest BCUT2D eigenvalue weighted by molar-refractivity contribution is -0.155. The Kier molecular flexibility index (Phi) is 7.92. The van der Waals surface area contributed by atoms with Crippen molar-refractivity contribution in [1.29, 1.82) is 0 Å². The molecule has 3 aliphatic rings. The highest BCUT2D eigenvalue weighted by Gasteiger charge is 2.51. The number of nitrogens with zero attached hydrogens (tertiary/aromatic N) is 1. The highest BCUT2D eigenvalue weighted by atomic mass is 19.4. The fraction of sp³-hybridized carbons (Fsp3) is 0.593. The monoisotopic (exact) mass is 569 g/mol. The van der Waals surface area contributed by atoms with Gasteiger partial charge in [0.25, 0.3) is 0 Å². The molecule has 4 rings (SSSR count). The van der Waals surface area contributed by atoms with E-state index in [0.717, 1.165) is 12.2 Å². The van der Waals surface area contributed by atoms with Crippen molar-refractivity contribution in [3.05, 3.63) is 58.7 Å². The Labute approximate surface area is 219 Å². The first-order chi connectivity index (χ1) is 18.0. The molecular weight excluding hydrogens is 541 g/mol. The van der Waals surface area contributed by atoms with E-state index < -0.39 is 70.7 Å². The first-order valence-electron chi connectivity index (χ1n) is 12.7. The Morgan fingerprint density at radius 2 is 1.64 bits per heavy atom. The molecular formula is C27H28F9NO2. The number of hydrogen-bond acceptors (Lipinski definition) is 2. The van der Waals surface area contributed by atoms with Crippen molar-refractivity contribution < 1.29 is 49.4 Å². The molecule has 12 heteroatoms. The first kappa shape index (κ1) is 29.5. The number of alkyl halides is 9. The number of hydrogen-bond donors (Lipinski definition) is 1. The largest absolute Gasteiger partial charge is 0.481 e. The standard InChI is InChI=1S/C27H28F9NO2/c28-25(29,30)18-5-3-16(4-6-18)22-14-19(24(23(38)39)10-1-2-11-24)9-12-37(22)15-17-13-20(26(31,32)33)7-8-21(17)27(34,35)36/h3,5-8,13,16,19,22H,1-2,4,9-12,14-15H2,(H,38,39)/t16?,19?,22-/m1/s1. The number of carboxylic acids is 1. The van der Waals surface area contributed by atoms with Crippen LogP contribution in [0.25, 0.3) is 0 Å². The van der Waals surface area contributed by atoms with E-state index in [1.807, 2.05) is 0 Å². The normalized spacial score (nSPS) is 26.5. The zero-order chi connectivity index (χ0) is 28.8. The maximum absolute atomic E-state index is 13.8. The smallest absolute Gasteiger partial charge is 0.416 e. The van der Waals surface area contributed by atoms with Crippen molar-refractivity contribution in [2.24, 2.45) is 17.3 Å². The lowest BCUT2D eigenvalue weighted by Gasteiger charge is -2.47.